The number of ether oxygens (including phenoxy) is 1. The van der Waals surface area contributed by atoms with Gasteiger partial charge >= 0.3 is 0 Å². The lowest BCUT2D eigenvalue weighted by Crippen LogP contribution is -2.18. The van der Waals surface area contributed by atoms with E-state index in [0.29, 0.717) is 0 Å². The van der Waals surface area contributed by atoms with E-state index < -0.39 is 0 Å². The smallest absolute Gasteiger partial charge is 0.234 e. The van der Waals surface area contributed by atoms with Crippen LogP contribution in [-0.4, -0.2) is 34.6 Å². The summed E-state index contributed by atoms with van der Waals surface area (Å²) in [6, 6.07) is 8.16. The Morgan fingerprint density at radius 1 is 1.18 bits per heavy atom. The monoisotopic (exact) mass is 294 g/mol. The Labute approximate surface area is 129 Å². The fourth-order valence-electron chi connectivity index (χ4n) is 3.02. The van der Waals surface area contributed by atoms with Crippen LogP contribution in [0.5, 0.6) is 5.75 Å². The van der Waals surface area contributed by atoms with Crippen LogP contribution in [0.2, 0.25) is 0 Å². The van der Waals surface area contributed by atoms with Crippen molar-refractivity contribution in [2.24, 2.45) is 0 Å². The summed E-state index contributed by atoms with van der Waals surface area (Å²) in [6.45, 7) is 2.18. The molecule has 0 saturated carbocycles. The predicted molar refractivity (Wildman–Crippen MR) is 86.4 cm³/mol. The van der Waals surface area contributed by atoms with Gasteiger partial charge in [0.15, 0.2) is 0 Å². The van der Waals surface area contributed by atoms with Crippen molar-refractivity contribution in [2.75, 3.05) is 25.1 Å². The SMILES string of the molecule is COc1ccc(-c2cn3cccnc3n2)cc1N1CCCC1. The maximum Gasteiger partial charge on any atom is 0.234 e. The molecule has 0 N–H and O–H groups in total. The molecule has 0 bridgehead atoms. The lowest BCUT2D eigenvalue weighted by Gasteiger charge is -2.21. The van der Waals surface area contributed by atoms with E-state index >= 15 is 0 Å². The predicted octanol–water partition coefficient (Wildman–Crippen LogP) is 3.01. The molecule has 3 heterocycles. The van der Waals surface area contributed by atoms with Crippen LogP contribution in [0.25, 0.3) is 17.0 Å². The van der Waals surface area contributed by atoms with Gasteiger partial charge in [-0.25, -0.2) is 9.97 Å². The molecule has 1 aliphatic heterocycles. The molecule has 0 unspecified atom stereocenters. The van der Waals surface area contributed by atoms with Crippen molar-refractivity contribution in [3.63, 3.8) is 0 Å². The van der Waals surface area contributed by atoms with Gasteiger partial charge in [-0.3, -0.25) is 4.40 Å². The van der Waals surface area contributed by atoms with Crippen LogP contribution >= 0.6 is 0 Å². The first kappa shape index (κ1) is 13.1. The number of aromatic nitrogens is 3. The average Bonchev–Trinajstić information content (AvgIpc) is 3.23. The van der Waals surface area contributed by atoms with E-state index in [1.165, 1.54) is 12.8 Å². The Hall–Kier alpha value is -2.56. The molecule has 5 heteroatoms. The highest BCUT2D eigenvalue weighted by molar-refractivity contribution is 5.71. The van der Waals surface area contributed by atoms with Crippen molar-refractivity contribution in [1.29, 1.82) is 0 Å². The van der Waals surface area contributed by atoms with Gasteiger partial charge in [-0.05, 0) is 37.1 Å². The zero-order valence-electron chi connectivity index (χ0n) is 12.6. The summed E-state index contributed by atoms with van der Waals surface area (Å²) in [7, 11) is 1.73. The molecule has 22 heavy (non-hydrogen) atoms. The summed E-state index contributed by atoms with van der Waals surface area (Å²) < 4.78 is 7.47. The van der Waals surface area contributed by atoms with Crippen molar-refractivity contribution in [3.05, 3.63) is 42.9 Å². The Morgan fingerprint density at radius 2 is 2.05 bits per heavy atom. The fourth-order valence-corrected chi connectivity index (χ4v) is 3.02. The van der Waals surface area contributed by atoms with Crippen LogP contribution in [0.3, 0.4) is 0 Å². The summed E-state index contributed by atoms with van der Waals surface area (Å²) in [6.07, 6.45) is 8.22. The quantitative estimate of drug-likeness (QED) is 0.745. The first-order chi connectivity index (χ1) is 10.8. The number of rotatable bonds is 3. The molecule has 0 atom stereocenters. The number of fused-ring (bicyclic) bond motifs is 1. The van der Waals surface area contributed by atoms with Crippen LogP contribution in [0, 0.1) is 0 Å². The molecular formula is C17H18N4O. The summed E-state index contributed by atoms with van der Waals surface area (Å²) >= 11 is 0. The van der Waals surface area contributed by atoms with Crippen LogP contribution in [0.4, 0.5) is 5.69 Å². The molecule has 0 spiro atoms. The third-order valence-electron chi connectivity index (χ3n) is 4.16. The van der Waals surface area contributed by atoms with E-state index in [9.17, 15) is 0 Å². The van der Waals surface area contributed by atoms with E-state index in [1.807, 2.05) is 28.9 Å². The Balaban J connectivity index is 1.79. The molecule has 5 nitrogen and oxygen atoms in total. The third kappa shape index (κ3) is 2.19. The van der Waals surface area contributed by atoms with Crippen LogP contribution in [-0.2, 0) is 0 Å². The summed E-state index contributed by atoms with van der Waals surface area (Å²) in [5.41, 5.74) is 3.18. The highest BCUT2D eigenvalue weighted by atomic mass is 16.5. The lowest BCUT2D eigenvalue weighted by molar-refractivity contribution is 0.415. The lowest BCUT2D eigenvalue weighted by atomic mass is 10.1. The minimum atomic E-state index is 0.719. The van der Waals surface area contributed by atoms with Gasteiger partial charge in [0, 0.05) is 37.2 Å². The molecule has 1 saturated heterocycles. The first-order valence-corrected chi connectivity index (χ1v) is 7.58. The first-order valence-electron chi connectivity index (χ1n) is 7.58. The van der Waals surface area contributed by atoms with Gasteiger partial charge in [-0.15, -0.1) is 0 Å². The van der Waals surface area contributed by atoms with Crippen LogP contribution < -0.4 is 9.64 Å². The van der Waals surface area contributed by atoms with Gasteiger partial charge in [0.2, 0.25) is 5.78 Å². The summed E-state index contributed by atoms with van der Waals surface area (Å²) in [4.78, 5) is 11.3. The second-order valence-corrected chi connectivity index (χ2v) is 5.53. The van der Waals surface area contributed by atoms with Gasteiger partial charge in [-0.2, -0.15) is 0 Å². The second kappa shape index (κ2) is 5.33. The molecule has 2 aromatic heterocycles. The van der Waals surface area contributed by atoms with Gasteiger partial charge in [0.25, 0.3) is 0 Å². The minimum Gasteiger partial charge on any atom is -0.495 e. The Bertz CT molecular complexity index is 772. The summed E-state index contributed by atoms with van der Waals surface area (Å²) in [5.74, 6) is 1.64. The standard InChI is InChI=1S/C17H18N4O/c1-22-16-6-5-13(11-15(16)20-8-2-3-9-20)14-12-21-10-4-7-18-17(21)19-14/h4-7,10-12H,2-3,8-9H2,1H3. The molecule has 0 amide bonds. The number of imidazole rings is 1. The molecule has 3 aromatic rings. The average molecular weight is 294 g/mol. The number of hydrogen-bond acceptors (Lipinski definition) is 4. The number of anilines is 1. The molecule has 112 valence electrons. The van der Waals surface area contributed by atoms with Crippen LogP contribution in [0.15, 0.2) is 42.9 Å². The zero-order valence-corrected chi connectivity index (χ0v) is 12.6. The van der Waals surface area contributed by atoms with E-state index in [2.05, 4.69) is 27.0 Å². The van der Waals surface area contributed by atoms with Crippen molar-refractivity contribution >= 4 is 11.5 Å². The molecule has 0 radical (unpaired) electrons. The van der Waals surface area contributed by atoms with Crippen molar-refractivity contribution < 1.29 is 4.74 Å². The van der Waals surface area contributed by atoms with E-state index in [4.69, 9.17) is 4.74 Å². The third-order valence-corrected chi connectivity index (χ3v) is 4.16. The van der Waals surface area contributed by atoms with E-state index in [1.54, 1.807) is 13.3 Å². The molecule has 1 fully saturated rings. The highest BCUT2D eigenvalue weighted by Gasteiger charge is 2.18. The Morgan fingerprint density at radius 3 is 2.82 bits per heavy atom. The van der Waals surface area contributed by atoms with Gasteiger partial charge in [0.05, 0.1) is 18.5 Å². The van der Waals surface area contributed by atoms with Gasteiger partial charge < -0.3 is 9.64 Å². The van der Waals surface area contributed by atoms with Crippen LogP contribution in [0.1, 0.15) is 12.8 Å². The largest absolute Gasteiger partial charge is 0.495 e. The number of methoxy groups -OCH3 is 1. The van der Waals surface area contributed by atoms with Gasteiger partial charge in [0.1, 0.15) is 5.75 Å². The second-order valence-electron chi connectivity index (χ2n) is 5.53. The Kier molecular flexibility index (Phi) is 3.18. The van der Waals surface area contributed by atoms with Crippen molar-refractivity contribution in [2.45, 2.75) is 12.8 Å². The highest BCUT2D eigenvalue weighted by Crippen LogP contribution is 2.34. The maximum absolute atomic E-state index is 5.53. The topological polar surface area (TPSA) is 42.7 Å². The van der Waals surface area contributed by atoms with Gasteiger partial charge in [-0.1, -0.05) is 0 Å². The number of hydrogen-bond donors (Lipinski definition) is 0. The molecular weight excluding hydrogens is 276 g/mol. The number of benzene rings is 1. The fraction of sp³-hybridized carbons (Fsp3) is 0.294. The van der Waals surface area contributed by atoms with Crippen molar-refractivity contribution in [3.8, 4) is 17.0 Å². The van der Waals surface area contributed by atoms with E-state index in [-0.39, 0.29) is 0 Å². The number of nitrogens with zero attached hydrogens (tertiary/aromatic N) is 4. The van der Waals surface area contributed by atoms with Crippen molar-refractivity contribution in [1.82, 2.24) is 14.4 Å². The normalized spacial score (nSPS) is 14.7. The molecule has 4 rings (SSSR count). The minimum absolute atomic E-state index is 0.719. The molecule has 0 aliphatic carbocycles. The molecule has 1 aliphatic rings. The van der Waals surface area contributed by atoms with E-state index in [0.717, 1.165) is 41.6 Å². The molecule has 1 aromatic carbocycles. The maximum atomic E-state index is 5.53. The summed E-state index contributed by atoms with van der Waals surface area (Å²) in [5, 5.41) is 0. The zero-order chi connectivity index (χ0) is 14.9.